The van der Waals surface area contributed by atoms with Crippen LogP contribution in [-0.4, -0.2) is 19.3 Å². The van der Waals surface area contributed by atoms with Gasteiger partial charge in [0.25, 0.3) is 0 Å². The number of rotatable bonds is 4. The third-order valence-corrected chi connectivity index (χ3v) is 4.24. The monoisotopic (exact) mass is 398 g/mol. The molecule has 0 fully saturated rings. The van der Waals surface area contributed by atoms with E-state index in [2.05, 4.69) is 10.1 Å². The van der Waals surface area contributed by atoms with Gasteiger partial charge < -0.3 is 4.52 Å². The fraction of sp³-hybridized carbons (Fsp3) is 0.0526. The van der Waals surface area contributed by atoms with Gasteiger partial charge >= 0.3 is 11.1 Å². The maximum absolute atomic E-state index is 13.3. The molecule has 0 atom stereocenters. The molecule has 0 aliphatic heterocycles. The number of benzene rings is 2. The van der Waals surface area contributed by atoms with Gasteiger partial charge in [0.1, 0.15) is 12.4 Å². The molecule has 0 N–H and O–H groups in total. The first-order valence-electron chi connectivity index (χ1n) is 8.18. The normalized spacial score (nSPS) is 10.9. The van der Waals surface area contributed by atoms with Crippen LogP contribution in [0.1, 0.15) is 5.89 Å². The molecule has 0 spiro atoms. The zero-order valence-electron chi connectivity index (χ0n) is 14.3. The smallest absolute Gasteiger partial charge is 0.320 e. The van der Waals surface area contributed by atoms with E-state index in [0.717, 1.165) is 4.57 Å². The van der Waals surface area contributed by atoms with Crippen molar-refractivity contribution in [1.29, 1.82) is 0 Å². The Morgan fingerprint density at radius 1 is 1.04 bits per heavy atom. The summed E-state index contributed by atoms with van der Waals surface area (Å²) in [6.45, 7) is -0.0905. The third-order valence-electron chi connectivity index (χ3n) is 4.00. The van der Waals surface area contributed by atoms with Crippen LogP contribution in [0.3, 0.4) is 0 Å². The Kier molecular flexibility index (Phi) is 4.62. The highest BCUT2D eigenvalue weighted by Gasteiger charge is 2.13. The number of nitrogens with zero attached hydrogens (tertiary/aromatic N) is 4. The van der Waals surface area contributed by atoms with Gasteiger partial charge in [0.05, 0.1) is 5.69 Å². The summed E-state index contributed by atoms with van der Waals surface area (Å²) < 4.78 is 20.8. The zero-order valence-corrected chi connectivity index (χ0v) is 15.0. The molecule has 2 aromatic carbocycles. The highest BCUT2D eigenvalue weighted by Crippen LogP contribution is 2.17. The predicted molar refractivity (Wildman–Crippen MR) is 100 cm³/mol. The van der Waals surface area contributed by atoms with Crippen LogP contribution in [0, 0.1) is 5.82 Å². The first kappa shape index (κ1) is 17.9. The van der Waals surface area contributed by atoms with Gasteiger partial charge in [-0.05, 0) is 30.3 Å². The SMILES string of the molecule is O=c1c(=O)n(-c2cccc(Cl)c2)ccn1Cc1nc(-c2cccc(F)c2)no1. The molecule has 4 aromatic rings. The number of hydrogen-bond donors (Lipinski definition) is 0. The molecule has 0 bridgehead atoms. The Bertz CT molecular complexity index is 1280. The predicted octanol–water partition coefficient (Wildman–Crippen LogP) is 2.89. The Morgan fingerprint density at radius 3 is 2.64 bits per heavy atom. The summed E-state index contributed by atoms with van der Waals surface area (Å²) >= 11 is 5.94. The molecule has 28 heavy (non-hydrogen) atoms. The molecule has 0 saturated heterocycles. The molecule has 0 aliphatic rings. The van der Waals surface area contributed by atoms with Crippen molar-refractivity contribution in [2.24, 2.45) is 0 Å². The maximum Gasteiger partial charge on any atom is 0.320 e. The lowest BCUT2D eigenvalue weighted by Crippen LogP contribution is -2.40. The highest BCUT2D eigenvalue weighted by atomic mass is 35.5. The fourth-order valence-electron chi connectivity index (χ4n) is 2.67. The first-order valence-corrected chi connectivity index (χ1v) is 8.55. The van der Waals surface area contributed by atoms with E-state index < -0.39 is 16.9 Å². The number of aromatic nitrogens is 4. The molecule has 0 unspecified atom stereocenters. The van der Waals surface area contributed by atoms with Crippen molar-refractivity contribution in [3.63, 3.8) is 0 Å². The number of halogens is 2. The fourth-order valence-corrected chi connectivity index (χ4v) is 2.86. The van der Waals surface area contributed by atoms with E-state index in [4.69, 9.17) is 16.1 Å². The molecule has 2 heterocycles. The lowest BCUT2D eigenvalue weighted by atomic mass is 10.2. The average molecular weight is 399 g/mol. The molecule has 4 rings (SSSR count). The van der Waals surface area contributed by atoms with Crippen LogP contribution in [-0.2, 0) is 6.54 Å². The molecule has 0 aliphatic carbocycles. The van der Waals surface area contributed by atoms with Gasteiger partial charge in [-0.25, -0.2) is 4.39 Å². The summed E-state index contributed by atoms with van der Waals surface area (Å²) in [6.07, 6.45) is 2.90. The van der Waals surface area contributed by atoms with Gasteiger partial charge in [-0.1, -0.05) is 35.0 Å². The standard InChI is InChI=1S/C19H12ClFN4O3/c20-13-4-2-6-15(10-13)25-8-7-24(18(26)19(25)27)11-16-22-17(23-28-16)12-3-1-5-14(21)9-12/h1-10H,11H2. The van der Waals surface area contributed by atoms with Crippen molar-refractivity contribution >= 4 is 11.6 Å². The molecule has 140 valence electrons. The Labute approximate surface area is 162 Å². The van der Waals surface area contributed by atoms with Crippen LogP contribution >= 0.6 is 11.6 Å². The third kappa shape index (κ3) is 3.49. The minimum absolute atomic E-state index is 0.0905. The molecular formula is C19H12ClFN4O3. The van der Waals surface area contributed by atoms with Gasteiger partial charge in [0.15, 0.2) is 0 Å². The summed E-state index contributed by atoms with van der Waals surface area (Å²) in [7, 11) is 0. The first-order chi connectivity index (χ1) is 13.5. The molecule has 2 aromatic heterocycles. The van der Waals surface area contributed by atoms with Crippen molar-refractivity contribution in [3.8, 4) is 17.1 Å². The van der Waals surface area contributed by atoms with E-state index in [1.807, 2.05) is 0 Å². The van der Waals surface area contributed by atoms with E-state index in [9.17, 15) is 14.0 Å². The Morgan fingerprint density at radius 2 is 1.86 bits per heavy atom. The molecular weight excluding hydrogens is 387 g/mol. The van der Waals surface area contributed by atoms with Crippen LogP contribution in [0.4, 0.5) is 4.39 Å². The lowest BCUT2D eigenvalue weighted by Gasteiger charge is -2.07. The quantitative estimate of drug-likeness (QED) is 0.494. The molecule has 7 nitrogen and oxygen atoms in total. The zero-order chi connectivity index (χ0) is 19.7. The van der Waals surface area contributed by atoms with E-state index in [1.54, 1.807) is 30.3 Å². The summed E-state index contributed by atoms with van der Waals surface area (Å²) in [4.78, 5) is 29.0. The second-order valence-electron chi connectivity index (χ2n) is 5.91. The van der Waals surface area contributed by atoms with Crippen molar-refractivity contribution in [2.45, 2.75) is 6.54 Å². The summed E-state index contributed by atoms with van der Waals surface area (Å²) in [5.41, 5.74) is -0.575. The van der Waals surface area contributed by atoms with Gasteiger partial charge in [0, 0.05) is 23.0 Å². The van der Waals surface area contributed by atoms with Gasteiger partial charge in [-0.2, -0.15) is 4.98 Å². The topological polar surface area (TPSA) is 82.9 Å². The van der Waals surface area contributed by atoms with Crippen molar-refractivity contribution in [2.75, 3.05) is 0 Å². The molecule has 0 amide bonds. The van der Waals surface area contributed by atoms with E-state index in [0.29, 0.717) is 16.3 Å². The maximum atomic E-state index is 13.3. The van der Waals surface area contributed by atoms with Crippen LogP contribution in [0.15, 0.2) is 75.0 Å². The van der Waals surface area contributed by atoms with Crippen LogP contribution < -0.4 is 11.1 Å². The molecule has 9 heteroatoms. The second kappa shape index (κ2) is 7.24. The van der Waals surface area contributed by atoms with Crippen LogP contribution in [0.5, 0.6) is 0 Å². The summed E-state index contributed by atoms with van der Waals surface area (Å²) in [5.74, 6) is -0.124. The van der Waals surface area contributed by atoms with Crippen molar-refractivity contribution in [1.82, 2.24) is 19.3 Å². The Balaban J connectivity index is 1.64. The van der Waals surface area contributed by atoms with E-state index in [1.165, 1.54) is 35.2 Å². The summed E-state index contributed by atoms with van der Waals surface area (Å²) in [6, 6.07) is 12.3. The highest BCUT2D eigenvalue weighted by molar-refractivity contribution is 6.30. The van der Waals surface area contributed by atoms with Crippen molar-refractivity contribution < 1.29 is 8.91 Å². The van der Waals surface area contributed by atoms with E-state index >= 15 is 0 Å². The van der Waals surface area contributed by atoms with Crippen LogP contribution in [0.2, 0.25) is 5.02 Å². The number of hydrogen-bond acceptors (Lipinski definition) is 5. The van der Waals surface area contributed by atoms with Crippen LogP contribution in [0.25, 0.3) is 17.1 Å². The largest absolute Gasteiger partial charge is 0.337 e. The van der Waals surface area contributed by atoms with Gasteiger partial charge in [-0.15, -0.1) is 0 Å². The average Bonchev–Trinajstić information content (AvgIpc) is 3.14. The molecule has 0 radical (unpaired) electrons. The van der Waals surface area contributed by atoms with Crippen molar-refractivity contribution in [3.05, 3.63) is 98.4 Å². The lowest BCUT2D eigenvalue weighted by molar-refractivity contribution is 0.369. The van der Waals surface area contributed by atoms with Gasteiger partial charge in [0.2, 0.25) is 11.7 Å². The molecule has 0 saturated carbocycles. The minimum atomic E-state index is -0.756. The van der Waals surface area contributed by atoms with E-state index in [-0.39, 0.29) is 18.3 Å². The minimum Gasteiger partial charge on any atom is -0.337 e. The Hall–Kier alpha value is -3.52. The summed E-state index contributed by atoms with van der Waals surface area (Å²) in [5, 5.41) is 4.23. The second-order valence-corrected chi connectivity index (χ2v) is 6.34. The van der Waals surface area contributed by atoms with Gasteiger partial charge in [-0.3, -0.25) is 18.7 Å².